The van der Waals surface area contributed by atoms with Gasteiger partial charge < -0.3 is 19.7 Å². The molecule has 0 radical (unpaired) electrons. The molecule has 27 heavy (non-hydrogen) atoms. The van der Waals surface area contributed by atoms with Gasteiger partial charge in [-0.25, -0.2) is 4.98 Å². The number of ether oxygens (including phenoxy) is 2. The molecule has 0 bridgehead atoms. The van der Waals surface area contributed by atoms with Gasteiger partial charge in [-0.15, -0.1) is 0 Å². The number of carbonyl (C=O) groups is 1. The van der Waals surface area contributed by atoms with Gasteiger partial charge in [-0.2, -0.15) is 0 Å². The van der Waals surface area contributed by atoms with E-state index in [4.69, 9.17) is 9.47 Å². The Balaban J connectivity index is 2.04. The van der Waals surface area contributed by atoms with Crippen LogP contribution in [0.2, 0.25) is 0 Å². The highest BCUT2D eigenvalue weighted by atomic mass is 16.5. The van der Waals surface area contributed by atoms with E-state index in [-0.39, 0.29) is 5.91 Å². The van der Waals surface area contributed by atoms with Crippen molar-refractivity contribution in [3.63, 3.8) is 0 Å². The first-order valence-corrected chi connectivity index (χ1v) is 9.42. The average Bonchev–Trinajstić information content (AvgIpc) is 2.70. The van der Waals surface area contributed by atoms with Gasteiger partial charge in [-0.1, -0.05) is 13.3 Å². The number of anilines is 2. The topological polar surface area (TPSA) is 63.7 Å². The van der Waals surface area contributed by atoms with Crippen LogP contribution in [0, 0.1) is 0 Å². The lowest BCUT2D eigenvalue weighted by molar-refractivity contribution is 0.102. The van der Waals surface area contributed by atoms with Gasteiger partial charge in [-0.3, -0.25) is 4.79 Å². The molecule has 0 unspecified atom stereocenters. The number of aromatic nitrogens is 1. The van der Waals surface area contributed by atoms with Crippen molar-refractivity contribution >= 4 is 17.3 Å². The second-order valence-corrected chi connectivity index (χ2v) is 6.13. The van der Waals surface area contributed by atoms with E-state index in [1.54, 1.807) is 25.4 Å². The first-order chi connectivity index (χ1) is 13.2. The van der Waals surface area contributed by atoms with Crippen LogP contribution in [0.4, 0.5) is 11.4 Å². The minimum atomic E-state index is -0.192. The number of hydrogen-bond donors (Lipinski definition) is 1. The van der Waals surface area contributed by atoms with Gasteiger partial charge in [-0.05, 0) is 49.7 Å². The molecule has 0 aliphatic heterocycles. The second-order valence-electron chi connectivity index (χ2n) is 6.13. The maximum Gasteiger partial charge on any atom is 0.255 e. The highest BCUT2D eigenvalue weighted by Gasteiger charge is 2.12. The zero-order valence-corrected chi connectivity index (χ0v) is 16.4. The van der Waals surface area contributed by atoms with E-state index >= 15 is 0 Å². The van der Waals surface area contributed by atoms with Gasteiger partial charge in [0.2, 0.25) is 5.88 Å². The summed E-state index contributed by atoms with van der Waals surface area (Å²) in [6, 6.07) is 11.2. The molecular weight excluding hydrogens is 342 g/mol. The second kappa shape index (κ2) is 11.2. The number of hydrogen-bond acceptors (Lipinski definition) is 5. The summed E-state index contributed by atoms with van der Waals surface area (Å²) in [7, 11) is 1.61. The number of methoxy groups -OCH3 is 1. The summed E-state index contributed by atoms with van der Waals surface area (Å²) >= 11 is 0. The average molecular weight is 371 g/mol. The minimum Gasteiger partial charge on any atom is -0.474 e. The van der Waals surface area contributed by atoms with Crippen molar-refractivity contribution in [3.05, 3.63) is 48.2 Å². The van der Waals surface area contributed by atoms with Crippen LogP contribution in [-0.2, 0) is 4.74 Å². The van der Waals surface area contributed by atoms with Crippen LogP contribution < -0.4 is 15.0 Å². The third-order valence-electron chi connectivity index (χ3n) is 4.20. The Labute approximate surface area is 161 Å². The predicted octanol–water partition coefficient (Wildman–Crippen LogP) is 3.99. The zero-order valence-electron chi connectivity index (χ0n) is 16.4. The predicted molar refractivity (Wildman–Crippen MR) is 109 cm³/mol. The summed E-state index contributed by atoms with van der Waals surface area (Å²) in [5, 5.41) is 2.87. The standard InChI is InChI=1S/C21H29N3O3/c1-4-6-14-24(5-2)18-11-9-17(10-12-18)20(25)23-19-8-7-13-22-21(19)27-16-15-26-3/h7-13H,4-6,14-16H2,1-3H3,(H,23,25). The van der Waals surface area contributed by atoms with Crippen LogP contribution in [0.25, 0.3) is 0 Å². The molecular formula is C21H29N3O3. The smallest absolute Gasteiger partial charge is 0.255 e. The maximum absolute atomic E-state index is 12.6. The van der Waals surface area contributed by atoms with Crippen LogP contribution >= 0.6 is 0 Å². The summed E-state index contributed by atoms with van der Waals surface area (Å²) in [6.45, 7) is 7.13. The maximum atomic E-state index is 12.6. The molecule has 6 heteroatoms. The Bertz CT molecular complexity index is 704. The van der Waals surface area contributed by atoms with E-state index in [1.165, 1.54) is 0 Å². The molecule has 1 aromatic carbocycles. The first-order valence-electron chi connectivity index (χ1n) is 9.42. The van der Waals surface area contributed by atoms with E-state index < -0.39 is 0 Å². The number of nitrogens with zero attached hydrogens (tertiary/aromatic N) is 2. The Kier molecular flexibility index (Phi) is 8.58. The SMILES string of the molecule is CCCCN(CC)c1ccc(C(=O)Nc2cccnc2OCCOC)cc1. The van der Waals surface area contributed by atoms with Gasteiger partial charge in [0.15, 0.2) is 0 Å². The summed E-state index contributed by atoms with van der Waals surface area (Å²) in [5.74, 6) is 0.194. The molecule has 0 spiro atoms. The number of rotatable bonds is 11. The van der Waals surface area contributed by atoms with Crippen molar-refractivity contribution in [3.8, 4) is 5.88 Å². The van der Waals surface area contributed by atoms with Gasteiger partial charge >= 0.3 is 0 Å². The lowest BCUT2D eigenvalue weighted by Gasteiger charge is -2.23. The molecule has 146 valence electrons. The number of carbonyl (C=O) groups excluding carboxylic acids is 1. The van der Waals surface area contributed by atoms with E-state index in [0.717, 1.165) is 31.6 Å². The van der Waals surface area contributed by atoms with Gasteiger partial charge in [0, 0.05) is 37.6 Å². The normalized spacial score (nSPS) is 10.5. The number of unbranched alkanes of at least 4 members (excludes halogenated alkanes) is 1. The molecule has 0 atom stereocenters. The lowest BCUT2D eigenvalue weighted by atomic mass is 10.1. The fourth-order valence-electron chi connectivity index (χ4n) is 2.66. The highest BCUT2D eigenvalue weighted by molar-refractivity contribution is 6.05. The van der Waals surface area contributed by atoms with Crippen molar-refractivity contribution < 1.29 is 14.3 Å². The summed E-state index contributed by atoms with van der Waals surface area (Å²) in [6.07, 6.45) is 3.95. The first kappa shape index (κ1) is 20.7. The third kappa shape index (κ3) is 6.25. The fourth-order valence-corrected chi connectivity index (χ4v) is 2.66. The summed E-state index contributed by atoms with van der Waals surface area (Å²) in [5.41, 5.74) is 2.27. The van der Waals surface area contributed by atoms with Crippen LogP contribution in [0.3, 0.4) is 0 Å². The molecule has 1 N–H and O–H groups in total. The molecule has 0 fully saturated rings. The Morgan fingerprint density at radius 2 is 1.93 bits per heavy atom. The van der Waals surface area contributed by atoms with Crippen LogP contribution in [-0.4, -0.2) is 44.3 Å². The van der Waals surface area contributed by atoms with Crippen molar-refractivity contribution in [1.82, 2.24) is 4.98 Å². The highest BCUT2D eigenvalue weighted by Crippen LogP contribution is 2.22. The molecule has 6 nitrogen and oxygen atoms in total. The van der Waals surface area contributed by atoms with Crippen LogP contribution in [0.5, 0.6) is 5.88 Å². The van der Waals surface area contributed by atoms with E-state index in [9.17, 15) is 4.79 Å². The molecule has 0 aliphatic carbocycles. The van der Waals surface area contributed by atoms with Crippen molar-refractivity contribution in [2.45, 2.75) is 26.7 Å². The molecule has 2 rings (SSSR count). The Morgan fingerprint density at radius 3 is 2.59 bits per heavy atom. The molecule has 1 amide bonds. The van der Waals surface area contributed by atoms with Gasteiger partial charge in [0.05, 0.1) is 6.61 Å². The number of pyridine rings is 1. The van der Waals surface area contributed by atoms with Crippen molar-refractivity contribution in [1.29, 1.82) is 0 Å². The molecule has 1 aromatic heterocycles. The van der Waals surface area contributed by atoms with E-state index in [1.807, 2.05) is 24.3 Å². The molecule has 0 saturated heterocycles. The number of nitrogens with one attached hydrogen (secondary N) is 1. The molecule has 0 saturated carbocycles. The monoisotopic (exact) mass is 371 g/mol. The van der Waals surface area contributed by atoms with Gasteiger partial charge in [0.25, 0.3) is 5.91 Å². The number of benzene rings is 1. The van der Waals surface area contributed by atoms with Crippen molar-refractivity contribution in [2.24, 2.45) is 0 Å². The lowest BCUT2D eigenvalue weighted by Crippen LogP contribution is -2.23. The fraction of sp³-hybridized carbons (Fsp3) is 0.429. The van der Waals surface area contributed by atoms with E-state index in [2.05, 4.69) is 29.0 Å². The zero-order chi connectivity index (χ0) is 19.5. The molecule has 1 heterocycles. The summed E-state index contributed by atoms with van der Waals surface area (Å²) < 4.78 is 10.5. The van der Waals surface area contributed by atoms with E-state index in [0.29, 0.717) is 30.3 Å². The Morgan fingerprint density at radius 1 is 1.15 bits per heavy atom. The summed E-state index contributed by atoms with van der Waals surface area (Å²) in [4.78, 5) is 19.1. The minimum absolute atomic E-state index is 0.192. The number of amides is 1. The quantitative estimate of drug-likeness (QED) is 0.605. The van der Waals surface area contributed by atoms with Crippen LogP contribution in [0.1, 0.15) is 37.0 Å². The largest absolute Gasteiger partial charge is 0.474 e. The molecule has 2 aromatic rings. The van der Waals surface area contributed by atoms with Gasteiger partial charge in [0.1, 0.15) is 12.3 Å². The third-order valence-corrected chi connectivity index (χ3v) is 4.20. The molecule has 0 aliphatic rings. The Hall–Kier alpha value is -2.60. The van der Waals surface area contributed by atoms with Crippen LogP contribution in [0.15, 0.2) is 42.6 Å². The van der Waals surface area contributed by atoms with Crippen molar-refractivity contribution in [2.75, 3.05) is 43.6 Å².